The van der Waals surface area contributed by atoms with Gasteiger partial charge >= 0.3 is 0 Å². The van der Waals surface area contributed by atoms with Gasteiger partial charge in [-0.1, -0.05) is 25.1 Å². The average molecular weight is 402 g/mol. The molecule has 30 heavy (non-hydrogen) atoms. The minimum absolute atomic E-state index is 0.0179. The zero-order valence-electron chi connectivity index (χ0n) is 18.0. The maximum atomic E-state index is 14.8. The molecule has 154 valence electrons. The zero-order chi connectivity index (χ0) is 21.3. The normalized spacial score (nSPS) is 17.8. The summed E-state index contributed by atoms with van der Waals surface area (Å²) < 4.78 is 14.8. The van der Waals surface area contributed by atoms with Gasteiger partial charge in [-0.15, -0.1) is 0 Å². The molecule has 4 rings (SSSR count). The van der Waals surface area contributed by atoms with E-state index in [9.17, 15) is 4.39 Å². The van der Waals surface area contributed by atoms with E-state index in [-0.39, 0.29) is 11.4 Å². The predicted molar refractivity (Wildman–Crippen MR) is 125 cm³/mol. The van der Waals surface area contributed by atoms with Crippen molar-refractivity contribution < 1.29 is 4.39 Å². The molecular weight excluding hydrogens is 373 g/mol. The number of para-hydroxylation sites is 1. The van der Waals surface area contributed by atoms with Gasteiger partial charge in [0.1, 0.15) is 5.82 Å². The Morgan fingerprint density at radius 3 is 2.40 bits per heavy atom. The fourth-order valence-electron chi connectivity index (χ4n) is 4.17. The topological polar surface area (TPSA) is 27.6 Å². The summed E-state index contributed by atoms with van der Waals surface area (Å²) >= 11 is 0. The Labute approximate surface area is 178 Å². The Balaban J connectivity index is 1.54. The highest BCUT2D eigenvalue weighted by Gasteiger charge is 2.34. The van der Waals surface area contributed by atoms with Gasteiger partial charge in [-0.25, -0.2) is 4.39 Å². The van der Waals surface area contributed by atoms with Gasteiger partial charge in [0.25, 0.3) is 0 Å². The van der Waals surface area contributed by atoms with Gasteiger partial charge in [0.2, 0.25) is 0 Å². The fraction of sp³-hybridized carbons (Fsp3) is 0.269. The third-order valence-electron chi connectivity index (χ3n) is 6.03. The van der Waals surface area contributed by atoms with Crippen molar-refractivity contribution in [3.8, 4) is 0 Å². The summed E-state index contributed by atoms with van der Waals surface area (Å²) in [5.74, 6) is 0.138. The number of aliphatic imine (C=N–C) groups is 1. The molecule has 0 amide bonds. The molecule has 3 aromatic rings. The first kappa shape index (κ1) is 20.1. The van der Waals surface area contributed by atoms with E-state index in [0.29, 0.717) is 11.5 Å². The smallest absolute Gasteiger partial charge is 0.134 e. The second-order valence-corrected chi connectivity index (χ2v) is 8.71. The van der Waals surface area contributed by atoms with Gasteiger partial charge in [-0.2, -0.15) is 0 Å². The summed E-state index contributed by atoms with van der Waals surface area (Å²) in [4.78, 5) is 6.69. The number of hydrogen-bond acceptors (Lipinski definition) is 3. The minimum atomic E-state index is -0.239. The first-order valence-electron chi connectivity index (χ1n) is 10.4. The number of nitrogens with zero attached hydrogens (tertiary/aromatic N) is 2. The Bertz CT molecular complexity index is 1060. The Kier molecular flexibility index (Phi) is 5.33. The van der Waals surface area contributed by atoms with E-state index in [1.807, 2.05) is 67.7 Å². The summed E-state index contributed by atoms with van der Waals surface area (Å²) in [7, 11) is 2.04. The molecule has 1 atom stereocenters. The lowest BCUT2D eigenvalue weighted by atomic mass is 9.80. The number of hydrogen-bond donors (Lipinski definition) is 1. The number of benzene rings is 3. The second kappa shape index (κ2) is 7.94. The lowest BCUT2D eigenvalue weighted by Gasteiger charge is -2.45. The maximum absolute atomic E-state index is 14.8. The summed E-state index contributed by atoms with van der Waals surface area (Å²) in [6.45, 7) is 6.62. The molecule has 1 aliphatic heterocycles. The van der Waals surface area contributed by atoms with Crippen molar-refractivity contribution in [3.05, 3.63) is 83.7 Å². The zero-order valence-corrected chi connectivity index (χ0v) is 18.0. The third kappa shape index (κ3) is 4.09. The highest BCUT2D eigenvalue weighted by atomic mass is 19.1. The van der Waals surface area contributed by atoms with Crippen LogP contribution in [0.15, 0.2) is 71.7 Å². The Morgan fingerprint density at radius 2 is 1.70 bits per heavy atom. The van der Waals surface area contributed by atoms with Crippen LogP contribution in [0.3, 0.4) is 0 Å². The molecule has 3 nitrogen and oxygen atoms in total. The molecule has 0 fully saturated rings. The van der Waals surface area contributed by atoms with Crippen molar-refractivity contribution in [2.45, 2.75) is 38.6 Å². The average Bonchev–Trinajstić information content (AvgIpc) is 2.72. The van der Waals surface area contributed by atoms with Crippen LogP contribution in [0.4, 0.5) is 27.1 Å². The first-order chi connectivity index (χ1) is 14.3. The van der Waals surface area contributed by atoms with Crippen LogP contribution in [0.5, 0.6) is 0 Å². The number of anilines is 3. The summed E-state index contributed by atoms with van der Waals surface area (Å²) in [5.41, 5.74) is 5.51. The highest BCUT2D eigenvalue weighted by molar-refractivity contribution is 5.84. The van der Waals surface area contributed by atoms with Crippen molar-refractivity contribution in [1.29, 1.82) is 0 Å². The van der Waals surface area contributed by atoms with Crippen LogP contribution < -0.4 is 10.2 Å². The van der Waals surface area contributed by atoms with E-state index in [1.54, 1.807) is 12.3 Å². The molecule has 1 heterocycles. The molecular formula is C26H28FN3. The van der Waals surface area contributed by atoms with Crippen molar-refractivity contribution in [2.24, 2.45) is 4.99 Å². The summed E-state index contributed by atoms with van der Waals surface area (Å²) in [6.07, 6.45) is 2.66. The molecule has 1 N–H and O–H groups in total. The van der Waals surface area contributed by atoms with E-state index in [2.05, 4.69) is 36.0 Å². The monoisotopic (exact) mass is 401 g/mol. The van der Waals surface area contributed by atoms with Gasteiger partial charge < -0.3 is 10.2 Å². The van der Waals surface area contributed by atoms with Gasteiger partial charge in [0.15, 0.2) is 0 Å². The van der Waals surface area contributed by atoms with Crippen molar-refractivity contribution >= 4 is 29.0 Å². The highest BCUT2D eigenvalue weighted by Crippen LogP contribution is 2.43. The number of nitrogens with one attached hydrogen (secondary N) is 1. The van der Waals surface area contributed by atoms with E-state index in [0.717, 1.165) is 29.2 Å². The molecule has 1 aliphatic rings. The van der Waals surface area contributed by atoms with Crippen molar-refractivity contribution in [1.82, 2.24) is 0 Å². The lowest BCUT2D eigenvalue weighted by molar-refractivity contribution is 0.394. The predicted octanol–water partition coefficient (Wildman–Crippen LogP) is 7.04. The van der Waals surface area contributed by atoms with Crippen LogP contribution in [0, 0.1) is 5.82 Å². The summed E-state index contributed by atoms with van der Waals surface area (Å²) in [5, 5.41) is 3.35. The van der Waals surface area contributed by atoms with E-state index < -0.39 is 0 Å². The fourth-order valence-corrected chi connectivity index (χ4v) is 4.17. The SMILES string of the molecule is CC1CC(C)(C)N(C)c2cc(F)c(C=Nc3ccc(Nc4ccccc4)cc3)cc21. The molecule has 0 radical (unpaired) electrons. The second-order valence-electron chi connectivity index (χ2n) is 8.71. The summed E-state index contributed by atoms with van der Waals surface area (Å²) in [6, 6.07) is 21.4. The lowest BCUT2D eigenvalue weighted by Crippen LogP contribution is -2.45. The van der Waals surface area contributed by atoms with Crippen LogP contribution in [-0.4, -0.2) is 18.8 Å². The Morgan fingerprint density at radius 1 is 1.03 bits per heavy atom. The standard InChI is InChI=1S/C26H28FN3/c1-18-16-26(2,3)30(4)25-15-24(27)19(14-23(18)25)17-28-20-10-12-22(13-11-20)29-21-8-6-5-7-9-21/h5-15,17-18,29H,16H2,1-4H3. The van der Waals surface area contributed by atoms with E-state index in [4.69, 9.17) is 0 Å². The van der Waals surface area contributed by atoms with Crippen LogP contribution in [0.1, 0.15) is 44.2 Å². The molecule has 1 unspecified atom stereocenters. The minimum Gasteiger partial charge on any atom is -0.369 e. The largest absolute Gasteiger partial charge is 0.369 e. The molecule has 4 heteroatoms. The quantitative estimate of drug-likeness (QED) is 0.475. The van der Waals surface area contributed by atoms with Gasteiger partial charge in [0, 0.05) is 41.4 Å². The van der Waals surface area contributed by atoms with Gasteiger partial charge in [-0.05, 0) is 80.3 Å². The van der Waals surface area contributed by atoms with Crippen LogP contribution in [0.25, 0.3) is 0 Å². The van der Waals surface area contributed by atoms with Crippen LogP contribution in [-0.2, 0) is 0 Å². The number of rotatable bonds is 4. The first-order valence-corrected chi connectivity index (χ1v) is 10.4. The maximum Gasteiger partial charge on any atom is 0.134 e. The number of fused-ring (bicyclic) bond motifs is 1. The van der Waals surface area contributed by atoms with Crippen LogP contribution in [0.2, 0.25) is 0 Å². The molecule has 0 bridgehead atoms. The molecule has 3 aromatic carbocycles. The van der Waals surface area contributed by atoms with Gasteiger partial charge in [0.05, 0.1) is 5.69 Å². The van der Waals surface area contributed by atoms with E-state index >= 15 is 0 Å². The third-order valence-corrected chi connectivity index (χ3v) is 6.03. The molecule has 0 aromatic heterocycles. The Hall–Kier alpha value is -3.14. The number of halogens is 1. The molecule has 0 saturated heterocycles. The molecule has 0 aliphatic carbocycles. The molecule has 0 spiro atoms. The molecule has 0 saturated carbocycles. The van der Waals surface area contributed by atoms with Gasteiger partial charge in [-0.3, -0.25) is 4.99 Å². The van der Waals surface area contributed by atoms with Crippen molar-refractivity contribution in [2.75, 3.05) is 17.3 Å². The van der Waals surface area contributed by atoms with E-state index in [1.165, 1.54) is 5.56 Å². The van der Waals surface area contributed by atoms with Crippen molar-refractivity contribution in [3.63, 3.8) is 0 Å². The van der Waals surface area contributed by atoms with Crippen LogP contribution >= 0.6 is 0 Å².